The molecule has 17 nitrogen and oxygen atoms in total. The van der Waals surface area contributed by atoms with Crippen LogP contribution in [0.1, 0.15) is 60.1 Å². The van der Waals surface area contributed by atoms with E-state index in [1.807, 2.05) is 42.5 Å². The van der Waals surface area contributed by atoms with E-state index in [1.165, 1.54) is 17.0 Å². The Labute approximate surface area is 385 Å². The molecule has 0 aliphatic carbocycles. The van der Waals surface area contributed by atoms with Gasteiger partial charge in [-0.15, -0.1) is 15.0 Å². The summed E-state index contributed by atoms with van der Waals surface area (Å²) >= 11 is 7.99. The van der Waals surface area contributed by atoms with Crippen molar-refractivity contribution in [1.82, 2.24) is 30.0 Å². The van der Waals surface area contributed by atoms with E-state index in [9.17, 15) is 24.0 Å². The summed E-state index contributed by atoms with van der Waals surface area (Å²) < 4.78 is 33.3. The zero-order valence-corrected chi connectivity index (χ0v) is 37.7. The van der Waals surface area contributed by atoms with Gasteiger partial charge in [-0.2, -0.15) is 0 Å². The average molecular weight is 923 g/mol. The number of thioether (sulfide) groups is 1. The van der Waals surface area contributed by atoms with Crippen molar-refractivity contribution in [3.8, 4) is 23.0 Å². The number of rotatable bonds is 17. The quantitative estimate of drug-likeness (QED) is 0.0769. The number of Topliss-reactive ketones (excluding diaryl/α,β-unsaturated/α-hetero) is 1. The molecule has 2 aliphatic rings. The van der Waals surface area contributed by atoms with Crippen molar-refractivity contribution in [2.24, 2.45) is 5.92 Å². The molecule has 336 valence electrons. The smallest absolute Gasteiger partial charge is 0.417 e. The van der Waals surface area contributed by atoms with Crippen LogP contribution in [0.25, 0.3) is 0 Å². The number of β-lactam (4-membered cyclic amide) rings is 1. The maximum atomic E-state index is 14.6. The third kappa shape index (κ3) is 10.4. The van der Waals surface area contributed by atoms with Crippen LogP contribution in [0.15, 0.2) is 91.0 Å². The first-order chi connectivity index (χ1) is 31.1. The van der Waals surface area contributed by atoms with Crippen molar-refractivity contribution in [2.75, 3.05) is 20.8 Å². The maximum Gasteiger partial charge on any atom is 0.417 e. The van der Waals surface area contributed by atoms with Gasteiger partial charge in [-0.3, -0.25) is 19.2 Å². The fourth-order valence-corrected chi connectivity index (χ4v) is 9.00. The lowest BCUT2D eigenvalue weighted by atomic mass is 9.90. The van der Waals surface area contributed by atoms with E-state index in [1.54, 1.807) is 71.4 Å². The number of halogens is 1. The minimum atomic E-state index is -1.82. The zero-order chi connectivity index (χ0) is 46.5. The van der Waals surface area contributed by atoms with Gasteiger partial charge in [0.1, 0.15) is 36.1 Å². The lowest BCUT2D eigenvalue weighted by molar-refractivity contribution is -0.153. The van der Waals surface area contributed by atoms with Gasteiger partial charge in [-0.25, -0.2) is 9.69 Å². The lowest BCUT2D eigenvalue weighted by Gasteiger charge is -2.40. The van der Waals surface area contributed by atoms with Crippen LogP contribution in [0.2, 0.25) is 5.02 Å². The van der Waals surface area contributed by atoms with Crippen molar-refractivity contribution in [3.63, 3.8) is 0 Å². The summed E-state index contributed by atoms with van der Waals surface area (Å²) in [5.41, 5.74) is 1.17. The molecule has 2 fully saturated rings. The molecule has 3 amide bonds. The van der Waals surface area contributed by atoms with E-state index in [-0.39, 0.29) is 72.2 Å². The van der Waals surface area contributed by atoms with Gasteiger partial charge in [0.25, 0.3) is 5.91 Å². The van der Waals surface area contributed by atoms with Gasteiger partial charge >= 0.3 is 20.1 Å². The Morgan fingerprint density at radius 1 is 0.877 bits per heavy atom. The summed E-state index contributed by atoms with van der Waals surface area (Å²) in [7, 11) is 8.53. The SMILES string of the molecule is [B]OC(=O)[C@@]1(n2nnc(CN(C(=O)OC(C)(C)C)C(=O)c3ccc(OCc4ccc(OC)cc4)c(OCc4ccc(OC)cc4)c3Cl)n2)CN2C(=O)[C@@H](CC(=O)Cc3ccccc3)[C@H]2S1. The molecule has 65 heavy (non-hydrogen) atoms. The highest BCUT2D eigenvalue weighted by atomic mass is 35.5. The number of methoxy groups -OCH3 is 2. The number of ketones is 1. The average Bonchev–Trinajstić information content (AvgIpc) is 3.93. The second-order valence-corrected chi connectivity index (χ2v) is 17.8. The third-order valence-corrected chi connectivity index (χ3v) is 12.4. The van der Waals surface area contributed by atoms with Crippen LogP contribution >= 0.6 is 23.4 Å². The summed E-state index contributed by atoms with van der Waals surface area (Å²) in [5, 5.41) is 11.8. The molecule has 0 unspecified atom stereocenters. The molecule has 3 atom stereocenters. The zero-order valence-electron chi connectivity index (χ0n) is 36.1. The van der Waals surface area contributed by atoms with Gasteiger partial charge in [0.15, 0.2) is 17.3 Å². The number of hydrogen-bond acceptors (Lipinski definition) is 15. The Morgan fingerprint density at radius 2 is 1.51 bits per heavy atom. The molecule has 4 aromatic carbocycles. The number of carbonyl (C=O) groups excluding carboxylic acids is 5. The van der Waals surface area contributed by atoms with Crippen molar-refractivity contribution in [3.05, 3.63) is 124 Å². The van der Waals surface area contributed by atoms with Crippen LogP contribution in [0, 0.1) is 5.92 Å². The van der Waals surface area contributed by atoms with Crippen LogP contribution in [0.3, 0.4) is 0 Å². The molecular weight excluding hydrogens is 879 g/mol. The van der Waals surface area contributed by atoms with Crippen LogP contribution in [0.4, 0.5) is 4.79 Å². The molecule has 2 aliphatic heterocycles. The Hall–Kier alpha value is -6.60. The number of fused-ring (bicyclic) bond motifs is 1. The highest BCUT2D eigenvalue weighted by Crippen LogP contribution is 2.53. The third-order valence-electron chi connectivity index (χ3n) is 10.4. The fraction of sp³-hybridized carbons (Fsp3) is 0.333. The van der Waals surface area contributed by atoms with E-state index in [0.717, 1.165) is 38.1 Å². The normalized spacial score (nSPS) is 17.6. The van der Waals surface area contributed by atoms with E-state index in [0.29, 0.717) is 11.5 Å². The molecule has 0 saturated carbocycles. The lowest BCUT2D eigenvalue weighted by Crippen LogP contribution is -2.57. The van der Waals surface area contributed by atoms with E-state index < -0.39 is 46.3 Å². The highest BCUT2D eigenvalue weighted by Gasteiger charge is 2.64. The maximum absolute atomic E-state index is 14.6. The molecule has 2 saturated heterocycles. The molecule has 20 heteroatoms. The minimum Gasteiger partial charge on any atom is -0.541 e. The molecule has 2 radical (unpaired) electrons. The molecule has 1 aromatic heterocycles. The molecule has 3 heterocycles. The molecular formula is C45H44BClN6O11S. The van der Waals surface area contributed by atoms with E-state index >= 15 is 0 Å². The topological polar surface area (TPSA) is 191 Å². The van der Waals surface area contributed by atoms with Crippen LogP contribution in [-0.4, -0.2) is 99.5 Å². The molecule has 0 bridgehead atoms. The summed E-state index contributed by atoms with van der Waals surface area (Å²) in [5.74, 6) is -1.76. The van der Waals surface area contributed by atoms with Gasteiger partial charge in [0, 0.05) is 12.8 Å². The van der Waals surface area contributed by atoms with Crippen LogP contribution in [0.5, 0.6) is 23.0 Å². The number of imide groups is 1. The Morgan fingerprint density at radius 3 is 2.11 bits per heavy atom. The Bertz CT molecular complexity index is 2560. The second kappa shape index (κ2) is 19.7. The Balaban J connectivity index is 1.15. The molecule has 0 spiro atoms. The van der Waals surface area contributed by atoms with Crippen molar-refractivity contribution in [2.45, 2.75) is 69.2 Å². The standard InChI is InChI=1S/C45H44BClN6O11S/c1-44(2,3)63-43(58)51(23-36-48-50-53(49-36)45(42(57)64-46)26-52-40(56)34(41(52)65-45)22-30(54)21-27-9-7-6-8-10-27)39(55)33-19-20-35(61-24-28-11-15-31(59-4)16-12-28)38(37(33)47)62-25-29-13-17-32(60-5)18-14-29/h6-20,34,41H,21-26H2,1-5H3/t34-,41-,45-/m1/s1. The van der Waals surface area contributed by atoms with Crippen LogP contribution < -0.4 is 18.9 Å². The summed E-state index contributed by atoms with van der Waals surface area (Å²) in [6.07, 6.45) is -0.977. The first-order valence-corrected chi connectivity index (χ1v) is 21.5. The number of benzene rings is 4. The number of aromatic nitrogens is 4. The minimum absolute atomic E-state index is 0.0165. The van der Waals surface area contributed by atoms with Gasteiger partial charge < -0.3 is 33.2 Å². The van der Waals surface area contributed by atoms with Crippen molar-refractivity contribution < 1.29 is 52.3 Å². The monoisotopic (exact) mass is 922 g/mol. The Kier molecular flexibility index (Phi) is 14.0. The number of nitrogens with zero attached hydrogens (tertiary/aromatic N) is 6. The van der Waals surface area contributed by atoms with Crippen molar-refractivity contribution >= 4 is 61.1 Å². The first kappa shape index (κ1) is 46.4. The first-order valence-electron chi connectivity index (χ1n) is 20.3. The van der Waals surface area contributed by atoms with Gasteiger partial charge in [-0.05, 0) is 79.1 Å². The van der Waals surface area contributed by atoms with Gasteiger partial charge in [0.05, 0.1) is 49.2 Å². The van der Waals surface area contributed by atoms with E-state index in [2.05, 4.69) is 15.4 Å². The van der Waals surface area contributed by atoms with E-state index in [4.69, 9.17) is 48.0 Å². The predicted octanol–water partition coefficient (Wildman–Crippen LogP) is 6.09. The number of ether oxygens (including phenoxy) is 5. The molecule has 0 N–H and O–H groups in total. The number of hydrogen-bond donors (Lipinski definition) is 0. The number of tetrazole rings is 1. The van der Waals surface area contributed by atoms with Crippen molar-refractivity contribution in [1.29, 1.82) is 0 Å². The summed E-state index contributed by atoms with van der Waals surface area (Å²) in [6, 6.07) is 26.4. The summed E-state index contributed by atoms with van der Waals surface area (Å²) in [4.78, 5) is 69.5. The fourth-order valence-electron chi connectivity index (χ4n) is 7.10. The largest absolute Gasteiger partial charge is 0.541 e. The molecule has 7 rings (SSSR count). The summed E-state index contributed by atoms with van der Waals surface area (Å²) in [6.45, 7) is 4.14. The second-order valence-electron chi connectivity index (χ2n) is 16.1. The number of carbonyl (C=O) groups is 5. The predicted molar refractivity (Wildman–Crippen MR) is 236 cm³/mol. The number of amides is 3. The van der Waals surface area contributed by atoms with Gasteiger partial charge in [-0.1, -0.05) is 78.0 Å². The van der Waals surface area contributed by atoms with Gasteiger partial charge in [0.2, 0.25) is 10.8 Å². The highest BCUT2D eigenvalue weighted by molar-refractivity contribution is 8.01. The van der Waals surface area contributed by atoms with Crippen LogP contribution in [-0.2, 0) is 54.8 Å². The molecule has 5 aromatic rings.